The molecular formula is C29H30N2O7. The second-order valence-electron chi connectivity index (χ2n) is 9.38. The van der Waals surface area contributed by atoms with E-state index < -0.39 is 17.9 Å². The Bertz CT molecular complexity index is 1310. The first kappa shape index (κ1) is 25.4. The zero-order chi connectivity index (χ0) is 26.8. The molecular weight excluding hydrogens is 488 g/mol. The van der Waals surface area contributed by atoms with E-state index in [0.29, 0.717) is 29.5 Å². The minimum Gasteiger partial charge on any atom is -0.497 e. The zero-order valence-electron chi connectivity index (χ0n) is 21.5. The van der Waals surface area contributed by atoms with Crippen LogP contribution in [0, 0.1) is 5.92 Å². The quantitative estimate of drug-likeness (QED) is 0.479. The molecule has 1 saturated heterocycles. The van der Waals surface area contributed by atoms with Gasteiger partial charge in [-0.1, -0.05) is 18.2 Å². The molecule has 0 spiro atoms. The zero-order valence-corrected chi connectivity index (χ0v) is 21.5. The predicted octanol–water partition coefficient (Wildman–Crippen LogP) is 3.94. The SMILES string of the molecule is COc1ccc(C2C(C(=O)O)C(c3ccc4c(c3)OCO4)CN2CC(=O)N(C)c2ccc(OC)cc2)cc1. The molecule has 2 aliphatic rings. The van der Waals surface area contributed by atoms with Gasteiger partial charge < -0.3 is 29.0 Å². The first-order valence-electron chi connectivity index (χ1n) is 12.3. The van der Waals surface area contributed by atoms with Crippen LogP contribution in [-0.4, -0.2) is 63.0 Å². The Morgan fingerprint density at radius 3 is 2.16 bits per heavy atom. The largest absolute Gasteiger partial charge is 0.497 e. The Morgan fingerprint density at radius 2 is 1.53 bits per heavy atom. The van der Waals surface area contributed by atoms with Crippen LogP contribution < -0.4 is 23.8 Å². The third kappa shape index (κ3) is 4.84. The molecule has 2 aliphatic heterocycles. The van der Waals surface area contributed by atoms with Gasteiger partial charge in [0.2, 0.25) is 12.7 Å². The number of ether oxygens (including phenoxy) is 4. The van der Waals surface area contributed by atoms with Gasteiger partial charge in [0.05, 0.1) is 26.7 Å². The summed E-state index contributed by atoms with van der Waals surface area (Å²) in [7, 11) is 4.89. The van der Waals surface area contributed by atoms with E-state index in [1.54, 1.807) is 38.3 Å². The van der Waals surface area contributed by atoms with Crippen molar-refractivity contribution in [1.29, 1.82) is 0 Å². The van der Waals surface area contributed by atoms with Crippen molar-refractivity contribution < 1.29 is 33.6 Å². The van der Waals surface area contributed by atoms with E-state index in [9.17, 15) is 14.7 Å². The number of anilines is 1. The van der Waals surface area contributed by atoms with Crippen molar-refractivity contribution in [2.24, 2.45) is 5.92 Å². The van der Waals surface area contributed by atoms with E-state index in [0.717, 1.165) is 16.8 Å². The molecule has 0 radical (unpaired) electrons. The predicted molar refractivity (Wildman–Crippen MR) is 140 cm³/mol. The fourth-order valence-corrected chi connectivity index (χ4v) is 5.30. The van der Waals surface area contributed by atoms with E-state index in [4.69, 9.17) is 18.9 Å². The molecule has 9 heteroatoms. The Labute approximate surface area is 221 Å². The molecule has 3 unspecified atom stereocenters. The summed E-state index contributed by atoms with van der Waals surface area (Å²) in [5, 5.41) is 10.4. The van der Waals surface area contributed by atoms with Crippen LogP contribution in [0.25, 0.3) is 0 Å². The highest BCUT2D eigenvalue weighted by atomic mass is 16.7. The van der Waals surface area contributed by atoms with Crippen LogP contribution in [0.15, 0.2) is 66.7 Å². The van der Waals surface area contributed by atoms with Crippen molar-refractivity contribution in [3.8, 4) is 23.0 Å². The maximum atomic E-state index is 13.5. The number of benzene rings is 3. The van der Waals surface area contributed by atoms with Gasteiger partial charge in [-0.05, 0) is 59.7 Å². The van der Waals surface area contributed by atoms with Gasteiger partial charge in [0.1, 0.15) is 11.5 Å². The monoisotopic (exact) mass is 518 g/mol. The Kier molecular flexibility index (Phi) is 7.11. The highest BCUT2D eigenvalue weighted by Crippen LogP contribution is 2.47. The third-order valence-corrected chi connectivity index (χ3v) is 7.34. The van der Waals surface area contributed by atoms with Crippen molar-refractivity contribution in [2.75, 3.05) is 46.0 Å². The van der Waals surface area contributed by atoms with Gasteiger partial charge in [0.15, 0.2) is 11.5 Å². The van der Waals surface area contributed by atoms with Crippen molar-refractivity contribution >= 4 is 17.6 Å². The summed E-state index contributed by atoms with van der Waals surface area (Å²) in [6, 6.07) is 19.6. The first-order valence-corrected chi connectivity index (χ1v) is 12.3. The summed E-state index contributed by atoms with van der Waals surface area (Å²) in [6.07, 6.45) is 0. The third-order valence-electron chi connectivity index (χ3n) is 7.34. The summed E-state index contributed by atoms with van der Waals surface area (Å²) < 4.78 is 21.5. The molecule has 0 aromatic heterocycles. The molecule has 1 N–H and O–H groups in total. The summed E-state index contributed by atoms with van der Waals surface area (Å²) in [5.41, 5.74) is 2.36. The topological polar surface area (TPSA) is 97.8 Å². The summed E-state index contributed by atoms with van der Waals surface area (Å²) in [4.78, 5) is 29.7. The summed E-state index contributed by atoms with van der Waals surface area (Å²) in [6.45, 7) is 0.568. The number of amides is 1. The van der Waals surface area contributed by atoms with Gasteiger partial charge >= 0.3 is 5.97 Å². The molecule has 1 fully saturated rings. The number of aliphatic carboxylic acids is 1. The highest BCUT2D eigenvalue weighted by Gasteiger charge is 2.48. The molecule has 3 aromatic rings. The van der Waals surface area contributed by atoms with Gasteiger partial charge in [-0.3, -0.25) is 14.5 Å². The number of likely N-dealkylation sites (N-methyl/N-ethyl adjacent to an activating group) is 1. The molecule has 0 saturated carbocycles. The Balaban J connectivity index is 1.47. The molecule has 9 nitrogen and oxygen atoms in total. The number of likely N-dealkylation sites (tertiary alicyclic amines) is 1. The lowest BCUT2D eigenvalue weighted by Gasteiger charge is -2.28. The van der Waals surface area contributed by atoms with Crippen LogP contribution >= 0.6 is 0 Å². The molecule has 3 atom stereocenters. The minimum atomic E-state index is -0.924. The van der Waals surface area contributed by atoms with Crippen LogP contribution in [0.5, 0.6) is 23.0 Å². The van der Waals surface area contributed by atoms with Gasteiger partial charge in [-0.2, -0.15) is 0 Å². The molecule has 3 aromatic carbocycles. The number of nitrogens with zero attached hydrogens (tertiary/aromatic N) is 2. The lowest BCUT2D eigenvalue weighted by Crippen LogP contribution is -2.39. The minimum absolute atomic E-state index is 0.0457. The average molecular weight is 519 g/mol. The van der Waals surface area contributed by atoms with E-state index in [-0.39, 0.29) is 25.2 Å². The molecule has 38 heavy (non-hydrogen) atoms. The van der Waals surface area contributed by atoms with E-state index in [1.807, 2.05) is 59.5 Å². The van der Waals surface area contributed by atoms with Gasteiger partial charge in [-0.25, -0.2) is 0 Å². The molecule has 2 heterocycles. The maximum Gasteiger partial charge on any atom is 0.309 e. The number of carboxylic acids is 1. The smallest absolute Gasteiger partial charge is 0.309 e. The normalized spacial score (nSPS) is 20.2. The number of carbonyl (C=O) groups excluding carboxylic acids is 1. The summed E-state index contributed by atoms with van der Waals surface area (Å²) >= 11 is 0. The van der Waals surface area contributed by atoms with Crippen LogP contribution in [-0.2, 0) is 9.59 Å². The lowest BCUT2D eigenvalue weighted by molar-refractivity contribution is -0.143. The van der Waals surface area contributed by atoms with Gasteiger partial charge in [0, 0.05) is 31.2 Å². The number of methoxy groups -OCH3 is 2. The van der Waals surface area contributed by atoms with E-state index >= 15 is 0 Å². The number of fused-ring (bicyclic) bond motifs is 1. The van der Waals surface area contributed by atoms with Crippen LogP contribution in [0.4, 0.5) is 5.69 Å². The first-order chi connectivity index (χ1) is 18.4. The molecule has 198 valence electrons. The standard InChI is InChI=1S/C29H30N2O7/c1-30(20-7-11-22(36-3)12-8-20)26(32)16-31-15-23(19-6-13-24-25(14-19)38-17-37-24)27(29(33)34)28(31)18-4-9-21(35-2)10-5-18/h4-14,23,27-28H,15-17H2,1-3H3,(H,33,34). The summed E-state index contributed by atoms with van der Waals surface area (Å²) in [5.74, 6) is 0.379. The molecule has 5 rings (SSSR count). The number of rotatable bonds is 8. The number of carbonyl (C=O) groups is 2. The van der Waals surface area contributed by atoms with Crippen LogP contribution in [0.1, 0.15) is 23.1 Å². The fraction of sp³-hybridized carbons (Fsp3) is 0.310. The second-order valence-corrected chi connectivity index (χ2v) is 9.38. The molecule has 0 bridgehead atoms. The maximum absolute atomic E-state index is 13.5. The second kappa shape index (κ2) is 10.6. The Morgan fingerprint density at radius 1 is 0.921 bits per heavy atom. The Hall–Kier alpha value is -4.24. The number of hydrogen-bond acceptors (Lipinski definition) is 7. The van der Waals surface area contributed by atoms with Gasteiger partial charge in [-0.15, -0.1) is 0 Å². The van der Waals surface area contributed by atoms with Crippen LogP contribution in [0.3, 0.4) is 0 Å². The van der Waals surface area contributed by atoms with Gasteiger partial charge in [0.25, 0.3) is 0 Å². The fourth-order valence-electron chi connectivity index (χ4n) is 5.30. The number of hydrogen-bond donors (Lipinski definition) is 1. The van der Waals surface area contributed by atoms with E-state index in [1.165, 1.54) is 0 Å². The van der Waals surface area contributed by atoms with Crippen molar-refractivity contribution in [3.05, 3.63) is 77.9 Å². The molecule has 1 amide bonds. The van der Waals surface area contributed by atoms with Crippen molar-refractivity contribution in [2.45, 2.75) is 12.0 Å². The molecule has 0 aliphatic carbocycles. The van der Waals surface area contributed by atoms with Crippen molar-refractivity contribution in [3.63, 3.8) is 0 Å². The van der Waals surface area contributed by atoms with E-state index in [2.05, 4.69) is 0 Å². The van der Waals surface area contributed by atoms with Crippen LogP contribution in [0.2, 0.25) is 0 Å². The highest BCUT2D eigenvalue weighted by molar-refractivity contribution is 5.94. The van der Waals surface area contributed by atoms with Crippen molar-refractivity contribution in [1.82, 2.24) is 4.90 Å². The lowest BCUT2D eigenvalue weighted by atomic mass is 9.82. The average Bonchev–Trinajstić information content (AvgIpc) is 3.57. The number of carboxylic acid groups (broad SMARTS) is 1.